The highest BCUT2D eigenvalue weighted by atomic mass is 35.5. The Balaban J connectivity index is 0.00000264. The molecule has 0 atom stereocenters. The molecular formula is C16H26Cl3N3O2. The van der Waals surface area contributed by atoms with Gasteiger partial charge < -0.3 is 20.3 Å². The summed E-state index contributed by atoms with van der Waals surface area (Å²) in [5, 5.41) is 7.14. The summed E-state index contributed by atoms with van der Waals surface area (Å²) in [6, 6.07) is 5.94. The van der Waals surface area contributed by atoms with Crippen molar-refractivity contribution in [3.63, 3.8) is 0 Å². The molecule has 0 radical (unpaired) electrons. The first kappa shape index (κ1) is 23.1. The van der Waals surface area contributed by atoms with Gasteiger partial charge in [0.15, 0.2) is 0 Å². The Labute approximate surface area is 161 Å². The van der Waals surface area contributed by atoms with Gasteiger partial charge in [-0.05, 0) is 38.1 Å². The van der Waals surface area contributed by atoms with E-state index < -0.39 is 0 Å². The monoisotopic (exact) mass is 397 g/mol. The molecule has 0 aliphatic carbocycles. The first-order valence-corrected chi connectivity index (χ1v) is 8.04. The fraction of sp³-hybridized carbons (Fsp3) is 0.562. The molecule has 0 bridgehead atoms. The van der Waals surface area contributed by atoms with E-state index in [1.165, 1.54) is 0 Å². The number of piperidine rings is 1. The molecule has 1 aliphatic rings. The summed E-state index contributed by atoms with van der Waals surface area (Å²) in [4.78, 5) is 14.2. The van der Waals surface area contributed by atoms with Crippen molar-refractivity contribution in [2.75, 3.05) is 39.1 Å². The van der Waals surface area contributed by atoms with E-state index in [9.17, 15) is 4.79 Å². The number of carbonyl (C=O) groups is 1. The van der Waals surface area contributed by atoms with Crippen LogP contribution in [-0.4, -0.2) is 50.6 Å². The molecule has 2 N–H and O–H groups in total. The van der Waals surface area contributed by atoms with Crippen LogP contribution >= 0.6 is 36.4 Å². The van der Waals surface area contributed by atoms with Crippen LogP contribution in [0.25, 0.3) is 0 Å². The van der Waals surface area contributed by atoms with Crippen LogP contribution < -0.4 is 15.4 Å². The normalized spacial score (nSPS) is 14.4. The smallest absolute Gasteiger partial charge is 0.224 e. The van der Waals surface area contributed by atoms with E-state index in [-0.39, 0.29) is 30.7 Å². The summed E-state index contributed by atoms with van der Waals surface area (Å²) in [6.45, 7) is 2.25. The Morgan fingerprint density at radius 1 is 1.33 bits per heavy atom. The van der Waals surface area contributed by atoms with Crippen molar-refractivity contribution >= 4 is 48.0 Å². The second-order valence-corrected chi connectivity index (χ2v) is 5.90. The Morgan fingerprint density at radius 3 is 2.58 bits per heavy atom. The number of nitrogens with one attached hydrogen (secondary N) is 2. The van der Waals surface area contributed by atoms with Gasteiger partial charge in [0.25, 0.3) is 0 Å². The Morgan fingerprint density at radius 2 is 2.00 bits per heavy atom. The lowest BCUT2D eigenvalue weighted by Gasteiger charge is -2.32. The van der Waals surface area contributed by atoms with Crippen molar-refractivity contribution in [2.24, 2.45) is 0 Å². The fourth-order valence-electron chi connectivity index (χ4n) is 2.70. The molecule has 0 spiro atoms. The van der Waals surface area contributed by atoms with Gasteiger partial charge in [-0.3, -0.25) is 4.79 Å². The maximum absolute atomic E-state index is 12.2. The van der Waals surface area contributed by atoms with E-state index in [0.29, 0.717) is 24.0 Å². The number of halogens is 3. The highest BCUT2D eigenvalue weighted by Crippen LogP contribution is 2.27. The summed E-state index contributed by atoms with van der Waals surface area (Å²) in [7, 11) is 3.59. The first-order chi connectivity index (χ1) is 10.6. The molecule has 1 fully saturated rings. The number of carbonyl (C=O) groups excluding carboxylic acids is 1. The fourth-order valence-corrected chi connectivity index (χ4v) is 2.87. The quantitative estimate of drug-likeness (QED) is 0.772. The molecule has 1 amide bonds. The highest BCUT2D eigenvalue weighted by Gasteiger charge is 2.21. The van der Waals surface area contributed by atoms with Crippen molar-refractivity contribution in [1.29, 1.82) is 0 Å². The van der Waals surface area contributed by atoms with Gasteiger partial charge in [0, 0.05) is 37.1 Å². The van der Waals surface area contributed by atoms with Gasteiger partial charge in [-0.2, -0.15) is 0 Å². The number of rotatable bonds is 6. The number of likely N-dealkylation sites (tertiary alicyclic amines) is 1. The highest BCUT2D eigenvalue weighted by molar-refractivity contribution is 6.30. The lowest BCUT2D eigenvalue weighted by atomic mass is 10.1. The molecule has 5 nitrogen and oxygen atoms in total. The van der Waals surface area contributed by atoms with E-state index in [1.807, 2.05) is 24.1 Å². The number of amides is 1. The zero-order valence-electron chi connectivity index (χ0n) is 14.0. The number of benzene rings is 1. The van der Waals surface area contributed by atoms with E-state index in [2.05, 4.69) is 10.6 Å². The molecular weight excluding hydrogens is 373 g/mol. The number of ether oxygens (including phenoxy) is 1. The largest absolute Gasteiger partial charge is 0.495 e. The summed E-state index contributed by atoms with van der Waals surface area (Å²) in [6.07, 6.45) is 2.52. The minimum absolute atomic E-state index is 0. The molecule has 0 unspecified atom stereocenters. The Bertz CT molecular complexity index is 509. The van der Waals surface area contributed by atoms with Gasteiger partial charge in [-0.25, -0.2) is 0 Å². The maximum Gasteiger partial charge on any atom is 0.224 e. The van der Waals surface area contributed by atoms with E-state index in [0.717, 1.165) is 37.4 Å². The predicted molar refractivity (Wildman–Crippen MR) is 104 cm³/mol. The molecule has 2 rings (SSSR count). The summed E-state index contributed by atoms with van der Waals surface area (Å²) in [5.41, 5.74) is 0.816. The molecule has 1 saturated heterocycles. The third-order valence-electron chi connectivity index (χ3n) is 4.07. The Kier molecular flexibility index (Phi) is 11.2. The van der Waals surface area contributed by atoms with Crippen LogP contribution in [0.4, 0.5) is 5.69 Å². The molecule has 0 aromatic heterocycles. The molecule has 1 aromatic rings. The average Bonchev–Trinajstić information content (AvgIpc) is 2.55. The van der Waals surface area contributed by atoms with Crippen LogP contribution in [0.5, 0.6) is 5.75 Å². The lowest BCUT2D eigenvalue weighted by molar-refractivity contribution is -0.132. The molecule has 8 heteroatoms. The van der Waals surface area contributed by atoms with Crippen LogP contribution in [-0.2, 0) is 4.79 Å². The van der Waals surface area contributed by atoms with Gasteiger partial charge >= 0.3 is 0 Å². The molecule has 24 heavy (non-hydrogen) atoms. The first-order valence-electron chi connectivity index (χ1n) is 7.66. The molecule has 0 saturated carbocycles. The van der Waals surface area contributed by atoms with Crippen LogP contribution in [0, 0.1) is 0 Å². The number of nitrogens with zero attached hydrogens (tertiary/aromatic N) is 1. The lowest BCUT2D eigenvalue weighted by Crippen LogP contribution is -2.44. The topological polar surface area (TPSA) is 53.6 Å². The minimum Gasteiger partial charge on any atom is -0.495 e. The van der Waals surface area contributed by atoms with Gasteiger partial charge in [0.05, 0.1) is 12.8 Å². The maximum atomic E-state index is 12.2. The second kappa shape index (κ2) is 11.6. The number of anilines is 1. The zero-order chi connectivity index (χ0) is 15.9. The van der Waals surface area contributed by atoms with Crippen LogP contribution in [0.15, 0.2) is 18.2 Å². The third kappa shape index (κ3) is 6.55. The van der Waals surface area contributed by atoms with Crippen LogP contribution in [0.2, 0.25) is 5.02 Å². The molecule has 138 valence electrons. The standard InChI is InChI=1S/C16H24ClN3O2.2ClH/c1-18-13-6-9-20(10-7-13)16(21)5-8-19-14-11-12(17)3-4-15(14)22-2;;/h3-4,11,13,18-19H,5-10H2,1-2H3;2*1H. The molecule has 1 heterocycles. The zero-order valence-corrected chi connectivity index (χ0v) is 16.4. The Hall–Kier alpha value is -0.880. The molecule has 1 aliphatic heterocycles. The van der Waals surface area contributed by atoms with Crippen molar-refractivity contribution in [3.8, 4) is 5.75 Å². The number of hydrogen-bond donors (Lipinski definition) is 2. The van der Waals surface area contributed by atoms with Gasteiger partial charge in [-0.1, -0.05) is 11.6 Å². The second-order valence-electron chi connectivity index (χ2n) is 5.47. The summed E-state index contributed by atoms with van der Waals surface area (Å²) < 4.78 is 5.27. The van der Waals surface area contributed by atoms with Gasteiger partial charge in [0.1, 0.15) is 5.75 Å². The van der Waals surface area contributed by atoms with Crippen molar-refractivity contribution in [2.45, 2.75) is 25.3 Å². The predicted octanol–water partition coefficient (Wildman–Crippen LogP) is 3.20. The van der Waals surface area contributed by atoms with Crippen molar-refractivity contribution in [1.82, 2.24) is 10.2 Å². The van der Waals surface area contributed by atoms with E-state index in [4.69, 9.17) is 16.3 Å². The van der Waals surface area contributed by atoms with Crippen molar-refractivity contribution < 1.29 is 9.53 Å². The van der Waals surface area contributed by atoms with Gasteiger partial charge in [0.2, 0.25) is 5.91 Å². The minimum atomic E-state index is 0. The number of hydrogen-bond acceptors (Lipinski definition) is 4. The average molecular weight is 399 g/mol. The number of methoxy groups -OCH3 is 1. The summed E-state index contributed by atoms with van der Waals surface area (Å²) >= 11 is 5.99. The van der Waals surface area contributed by atoms with Gasteiger partial charge in [-0.15, -0.1) is 24.8 Å². The SMILES string of the molecule is CNC1CCN(C(=O)CCNc2cc(Cl)ccc2OC)CC1.Cl.Cl. The van der Waals surface area contributed by atoms with Crippen LogP contribution in [0.1, 0.15) is 19.3 Å². The third-order valence-corrected chi connectivity index (χ3v) is 4.31. The van der Waals surface area contributed by atoms with Crippen LogP contribution in [0.3, 0.4) is 0 Å². The van der Waals surface area contributed by atoms with Crippen molar-refractivity contribution in [3.05, 3.63) is 23.2 Å². The molecule has 1 aromatic carbocycles. The van der Waals surface area contributed by atoms with E-state index in [1.54, 1.807) is 13.2 Å². The van der Waals surface area contributed by atoms with E-state index >= 15 is 0 Å². The summed E-state index contributed by atoms with van der Waals surface area (Å²) in [5.74, 6) is 0.926.